The Kier molecular flexibility index (Phi) is 5.73. The highest BCUT2D eigenvalue weighted by atomic mass is 79.9. The van der Waals surface area contributed by atoms with E-state index in [2.05, 4.69) is 33.2 Å². The summed E-state index contributed by atoms with van der Waals surface area (Å²) in [7, 11) is 0. The van der Waals surface area contributed by atoms with E-state index < -0.39 is 0 Å². The number of aromatic nitrogens is 1. The zero-order chi connectivity index (χ0) is 15.4. The van der Waals surface area contributed by atoms with Crippen molar-refractivity contribution in [2.45, 2.75) is 20.3 Å². The van der Waals surface area contributed by atoms with Crippen LogP contribution in [-0.2, 0) is 0 Å². The number of ether oxygens (including phenoxy) is 1. The second kappa shape index (κ2) is 7.34. The molecule has 1 aromatic heterocycles. The molecule has 3 nitrogen and oxygen atoms in total. The van der Waals surface area contributed by atoms with E-state index in [0.29, 0.717) is 27.5 Å². The zero-order valence-electron chi connectivity index (χ0n) is 11.7. The fraction of sp³-hybridized carbons (Fsp3) is 0.267. The van der Waals surface area contributed by atoms with Crippen molar-refractivity contribution in [3.63, 3.8) is 0 Å². The minimum absolute atomic E-state index is 0.323. The van der Waals surface area contributed by atoms with E-state index in [1.54, 1.807) is 6.07 Å². The number of pyridine rings is 1. The summed E-state index contributed by atoms with van der Waals surface area (Å²) in [6.07, 6.45) is 0.973. The lowest BCUT2D eigenvalue weighted by atomic mass is 10.2. The first-order valence-corrected chi connectivity index (χ1v) is 8.10. The quantitative estimate of drug-likeness (QED) is 0.673. The summed E-state index contributed by atoms with van der Waals surface area (Å²) in [5.41, 5.74) is 1.13. The molecule has 0 aliphatic heterocycles. The molecule has 0 bridgehead atoms. The maximum atomic E-state index is 6.15. The third-order valence-electron chi connectivity index (χ3n) is 2.73. The number of aryl methyl sites for hydroxylation is 1. The first-order valence-electron chi connectivity index (χ1n) is 6.55. The van der Waals surface area contributed by atoms with Crippen LogP contribution in [-0.4, -0.2) is 11.5 Å². The first-order chi connectivity index (χ1) is 10.0. The molecule has 2 aromatic rings. The standard InChI is InChI=1S/C15H15BrCl2N2O/c1-3-6-19-14-11(17)8-12(18)15(20-14)21-13-5-4-9(2)7-10(13)16/h4-5,7-8H,3,6H2,1-2H3,(H,19,20). The van der Waals surface area contributed by atoms with E-state index in [1.165, 1.54) is 0 Å². The maximum Gasteiger partial charge on any atom is 0.240 e. The van der Waals surface area contributed by atoms with Gasteiger partial charge in [0.15, 0.2) is 0 Å². The molecule has 1 aromatic carbocycles. The molecule has 0 fully saturated rings. The molecule has 112 valence electrons. The second-order valence-electron chi connectivity index (χ2n) is 4.57. The lowest BCUT2D eigenvalue weighted by Gasteiger charge is -2.12. The van der Waals surface area contributed by atoms with Crippen molar-refractivity contribution >= 4 is 44.9 Å². The number of anilines is 1. The molecule has 0 spiro atoms. The lowest BCUT2D eigenvalue weighted by molar-refractivity contribution is 0.461. The third kappa shape index (κ3) is 4.25. The van der Waals surface area contributed by atoms with Gasteiger partial charge in [-0.2, -0.15) is 4.98 Å². The van der Waals surface area contributed by atoms with Crippen molar-refractivity contribution in [1.29, 1.82) is 0 Å². The molecule has 2 rings (SSSR count). The summed E-state index contributed by atoms with van der Waals surface area (Å²) < 4.78 is 6.63. The molecule has 0 radical (unpaired) electrons. The third-order valence-corrected chi connectivity index (χ3v) is 3.91. The topological polar surface area (TPSA) is 34.2 Å². The van der Waals surface area contributed by atoms with Gasteiger partial charge < -0.3 is 10.1 Å². The van der Waals surface area contributed by atoms with Crippen molar-refractivity contribution in [1.82, 2.24) is 4.98 Å². The van der Waals surface area contributed by atoms with Gasteiger partial charge >= 0.3 is 0 Å². The van der Waals surface area contributed by atoms with Gasteiger partial charge in [-0.3, -0.25) is 0 Å². The smallest absolute Gasteiger partial charge is 0.240 e. The number of hydrogen-bond acceptors (Lipinski definition) is 3. The monoisotopic (exact) mass is 388 g/mol. The Hall–Kier alpha value is -0.970. The Morgan fingerprint density at radius 1 is 1.24 bits per heavy atom. The van der Waals surface area contributed by atoms with Gasteiger partial charge in [0.2, 0.25) is 5.88 Å². The van der Waals surface area contributed by atoms with Crippen LogP contribution in [0.15, 0.2) is 28.7 Å². The van der Waals surface area contributed by atoms with Crippen LogP contribution in [0.25, 0.3) is 0 Å². The summed E-state index contributed by atoms with van der Waals surface area (Å²) in [6.45, 7) is 4.86. The van der Waals surface area contributed by atoms with E-state index in [1.807, 2.05) is 25.1 Å². The highest BCUT2D eigenvalue weighted by Gasteiger charge is 2.12. The van der Waals surface area contributed by atoms with Crippen LogP contribution in [0.5, 0.6) is 11.6 Å². The van der Waals surface area contributed by atoms with Gasteiger partial charge in [-0.25, -0.2) is 0 Å². The van der Waals surface area contributed by atoms with Crippen molar-refractivity contribution in [2.24, 2.45) is 0 Å². The van der Waals surface area contributed by atoms with Crippen molar-refractivity contribution in [2.75, 3.05) is 11.9 Å². The van der Waals surface area contributed by atoms with E-state index in [0.717, 1.165) is 23.0 Å². The van der Waals surface area contributed by atoms with Crippen LogP contribution < -0.4 is 10.1 Å². The number of rotatable bonds is 5. The molecule has 0 aliphatic rings. The molecule has 0 saturated carbocycles. The maximum absolute atomic E-state index is 6.15. The molecule has 0 saturated heterocycles. The van der Waals surface area contributed by atoms with Crippen LogP contribution in [0.2, 0.25) is 10.0 Å². The van der Waals surface area contributed by atoms with Crippen LogP contribution >= 0.6 is 39.1 Å². The fourth-order valence-corrected chi connectivity index (χ4v) is 2.72. The summed E-state index contributed by atoms with van der Waals surface area (Å²) in [6, 6.07) is 7.42. The Morgan fingerprint density at radius 3 is 2.67 bits per heavy atom. The molecule has 21 heavy (non-hydrogen) atoms. The van der Waals surface area contributed by atoms with Gasteiger partial charge in [0.05, 0.1) is 9.50 Å². The van der Waals surface area contributed by atoms with Crippen LogP contribution in [0.3, 0.4) is 0 Å². The SMILES string of the molecule is CCCNc1nc(Oc2ccc(C)cc2Br)c(Cl)cc1Cl. The number of nitrogens with one attached hydrogen (secondary N) is 1. The summed E-state index contributed by atoms with van der Waals surface area (Å²) in [5.74, 6) is 1.55. The van der Waals surface area contributed by atoms with Crippen molar-refractivity contribution in [3.05, 3.63) is 44.3 Å². The molecular formula is C15H15BrCl2N2O. The van der Waals surface area contributed by atoms with Crippen LogP contribution in [0.1, 0.15) is 18.9 Å². The molecule has 0 aliphatic carbocycles. The highest BCUT2D eigenvalue weighted by Crippen LogP contribution is 2.36. The van der Waals surface area contributed by atoms with Crippen LogP contribution in [0, 0.1) is 6.92 Å². The van der Waals surface area contributed by atoms with E-state index >= 15 is 0 Å². The summed E-state index contributed by atoms with van der Waals surface area (Å²) >= 11 is 15.7. The molecule has 0 amide bonds. The molecule has 6 heteroatoms. The van der Waals surface area contributed by atoms with E-state index in [4.69, 9.17) is 27.9 Å². The van der Waals surface area contributed by atoms with Gasteiger partial charge in [0, 0.05) is 6.54 Å². The Labute approximate surface area is 142 Å². The lowest BCUT2D eigenvalue weighted by Crippen LogP contribution is -2.03. The molecular weight excluding hydrogens is 375 g/mol. The molecule has 0 atom stereocenters. The minimum atomic E-state index is 0.323. The van der Waals surface area contributed by atoms with Gasteiger partial charge in [-0.15, -0.1) is 0 Å². The minimum Gasteiger partial charge on any atom is -0.436 e. The number of halogens is 3. The summed E-state index contributed by atoms with van der Waals surface area (Å²) in [5, 5.41) is 3.99. The fourth-order valence-electron chi connectivity index (χ4n) is 1.68. The van der Waals surface area contributed by atoms with Crippen molar-refractivity contribution in [3.8, 4) is 11.6 Å². The summed E-state index contributed by atoms with van der Waals surface area (Å²) in [4.78, 5) is 4.35. The Bertz CT molecular complexity index is 650. The Balaban J connectivity index is 2.30. The second-order valence-corrected chi connectivity index (χ2v) is 6.24. The normalized spacial score (nSPS) is 10.5. The predicted octanol–water partition coefficient (Wildman–Crippen LogP) is 6.07. The van der Waals surface area contributed by atoms with E-state index in [-0.39, 0.29) is 0 Å². The Morgan fingerprint density at radius 2 is 2.00 bits per heavy atom. The number of benzene rings is 1. The van der Waals surface area contributed by atoms with Gasteiger partial charge in [-0.05, 0) is 53.0 Å². The molecule has 1 N–H and O–H groups in total. The average molecular weight is 390 g/mol. The molecule has 1 heterocycles. The van der Waals surface area contributed by atoms with Gasteiger partial charge in [0.1, 0.15) is 16.6 Å². The van der Waals surface area contributed by atoms with E-state index in [9.17, 15) is 0 Å². The van der Waals surface area contributed by atoms with Crippen molar-refractivity contribution < 1.29 is 4.74 Å². The van der Waals surface area contributed by atoms with Crippen LogP contribution in [0.4, 0.5) is 5.82 Å². The first kappa shape index (κ1) is 16.4. The van der Waals surface area contributed by atoms with Gasteiger partial charge in [0.25, 0.3) is 0 Å². The zero-order valence-corrected chi connectivity index (χ0v) is 14.8. The average Bonchev–Trinajstić information content (AvgIpc) is 2.43. The number of nitrogens with zero attached hydrogens (tertiary/aromatic N) is 1. The highest BCUT2D eigenvalue weighted by molar-refractivity contribution is 9.10. The van der Waals surface area contributed by atoms with Gasteiger partial charge in [-0.1, -0.05) is 36.2 Å². The molecule has 0 unspecified atom stereocenters. The number of hydrogen-bond donors (Lipinski definition) is 1. The largest absolute Gasteiger partial charge is 0.436 e. The predicted molar refractivity (Wildman–Crippen MR) is 92.0 cm³/mol.